The van der Waals surface area contributed by atoms with Crippen molar-refractivity contribution in [2.45, 2.75) is 32.2 Å². The molecule has 0 bridgehead atoms. The van der Waals surface area contributed by atoms with Gasteiger partial charge in [-0.1, -0.05) is 51.1 Å². The lowest BCUT2D eigenvalue weighted by atomic mass is 9.97. The molecule has 2 aromatic rings. The molecule has 30 heavy (non-hydrogen) atoms. The average molecular weight is 435 g/mol. The highest BCUT2D eigenvalue weighted by Gasteiger charge is 2.28. The van der Waals surface area contributed by atoms with Crippen molar-refractivity contribution in [3.05, 3.63) is 54.1 Å². The minimum atomic E-state index is -3.97. The van der Waals surface area contributed by atoms with Crippen molar-refractivity contribution in [1.82, 2.24) is 9.62 Å². The van der Waals surface area contributed by atoms with Gasteiger partial charge in [0, 0.05) is 19.2 Å². The van der Waals surface area contributed by atoms with Gasteiger partial charge in [-0.15, -0.1) is 0 Å². The molecule has 0 aliphatic heterocycles. The molecule has 0 saturated heterocycles. The molecule has 1 N–H and O–H groups in total. The van der Waals surface area contributed by atoms with E-state index < -0.39 is 10.0 Å². The first-order valence-corrected chi connectivity index (χ1v) is 11.0. The molecular weight excluding hydrogens is 404 g/mol. The second-order valence-corrected chi connectivity index (χ2v) is 10.1. The van der Waals surface area contributed by atoms with Gasteiger partial charge < -0.3 is 14.8 Å². The molecule has 164 valence electrons. The first kappa shape index (κ1) is 23.7. The summed E-state index contributed by atoms with van der Waals surface area (Å²) in [6, 6.07) is 13.5. The van der Waals surface area contributed by atoms with Crippen molar-refractivity contribution < 1.29 is 22.7 Å². The van der Waals surface area contributed by atoms with Crippen molar-refractivity contribution in [3.63, 3.8) is 0 Å². The van der Waals surface area contributed by atoms with Gasteiger partial charge in [0.1, 0.15) is 0 Å². The Balaban J connectivity index is 2.35. The molecule has 0 aromatic heterocycles. The Labute approximate surface area is 179 Å². The second kappa shape index (κ2) is 9.95. The number of carbonyl (C=O) groups excluding carboxylic acids is 1. The molecule has 0 radical (unpaired) electrons. The monoisotopic (exact) mass is 434 g/mol. The molecule has 0 fully saturated rings. The van der Waals surface area contributed by atoms with Crippen LogP contribution in [0.3, 0.4) is 0 Å². The number of rotatable bonds is 9. The number of amides is 1. The normalized spacial score (nSPS) is 11.9. The molecule has 1 amide bonds. The van der Waals surface area contributed by atoms with Crippen LogP contribution in [0.4, 0.5) is 0 Å². The molecule has 2 rings (SSSR count). The molecule has 8 heteroatoms. The Hall–Kier alpha value is -2.58. The van der Waals surface area contributed by atoms with Gasteiger partial charge in [0.2, 0.25) is 15.9 Å². The van der Waals surface area contributed by atoms with Crippen LogP contribution in [0.15, 0.2) is 53.4 Å². The maximum Gasteiger partial charge on any atom is 0.243 e. The van der Waals surface area contributed by atoms with Gasteiger partial charge in [-0.3, -0.25) is 4.79 Å². The van der Waals surface area contributed by atoms with E-state index in [-0.39, 0.29) is 29.3 Å². The number of hydrogen-bond donors (Lipinski definition) is 1. The topological polar surface area (TPSA) is 84.9 Å². The minimum absolute atomic E-state index is 0.0275. The summed E-state index contributed by atoms with van der Waals surface area (Å²) in [5, 5.41) is 2.81. The zero-order valence-corrected chi connectivity index (χ0v) is 19.0. The number of ether oxygens (including phenoxy) is 2. The van der Waals surface area contributed by atoms with Crippen LogP contribution in [0.1, 0.15) is 26.3 Å². The first-order chi connectivity index (χ1) is 14.1. The highest BCUT2D eigenvalue weighted by Crippen LogP contribution is 2.31. The summed E-state index contributed by atoms with van der Waals surface area (Å²) in [6.45, 7) is 6.21. The van der Waals surface area contributed by atoms with E-state index in [1.165, 1.54) is 36.7 Å². The molecule has 0 spiro atoms. The molecule has 0 aliphatic carbocycles. The highest BCUT2D eigenvalue weighted by molar-refractivity contribution is 7.89. The van der Waals surface area contributed by atoms with Gasteiger partial charge in [-0.05, 0) is 23.1 Å². The Morgan fingerprint density at radius 2 is 1.63 bits per heavy atom. The van der Waals surface area contributed by atoms with E-state index in [0.717, 1.165) is 5.56 Å². The lowest BCUT2D eigenvalue weighted by Gasteiger charge is -2.24. The Bertz CT molecular complexity index is 953. The fraction of sp³-hybridized carbons (Fsp3) is 0.409. The second-order valence-electron chi connectivity index (χ2n) is 8.11. The standard InChI is InChI=1S/C22H30N2O5S/c1-22(2,3)16-23-21(25)15-24(14-17-9-7-6-8-10-17)30(26,27)18-11-12-19(28-4)20(13-18)29-5/h6-13H,14-16H2,1-5H3,(H,23,25). The molecule has 7 nitrogen and oxygen atoms in total. The number of methoxy groups -OCH3 is 2. The summed E-state index contributed by atoms with van der Waals surface area (Å²) >= 11 is 0. The third-order valence-electron chi connectivity index (χ3n) is 4.33. The fourth-order valence-electron chi connectivity index (χ4n) is 2.72. The molecule has 0 aliphatic rings. The van der Waals surface area contributed by atoms with Gasteiger partial charge in [0.15, 0.2) is 11.5 Å². The summed E-state index contributed by atoms with van der Waals surface area (Å²) in [5.74, 6) is 0.370. The Morgan fingerprint density at radius 1 is 1.00 bits per heavy atom. The van der Waals surface area contributed by atoms with E-state index in [2.05, 4.69) is 5.32 Å². The predicted molar refractivity (Wildman–Crippen MR) is 116 cm³/mol. The Kier molecular flexibility index (Phi) is 7.86. The predicted octanol–water partition coefficient (Wildman–Crippen LogP) is 3.06. The zero-order chi connectivity index (χ0) is 22.4. The van der Waals surface area contributed by atoms with Crippen LogP contribution in [-0.4, -0.2) is 45.9 Å². The maximum atomic E-state index is 13.4. The third-order valence-corrected chi connectivity index (χ3v) is 6.12. The van der Waals surface area contributed by atoms with Gasteiger partial charge in [-0.25, -0.2) is 8.42 Å². The van der Waals surface area contributed by atoms with E-state index in [1.54, 1.807) is 0 Å². The molecule has 2 aromatic carbocycles. The largest absolute Gasteiger partial charge is 0.493 e. The lowest BCUT2D eigenvalue weighted by molar-refractivity contribution is -0.121. The van der Waals surface area contributed by atoms with Gasteiger partial charge in [-0.2, -0.15) is 4.31 Å². The smallest absolute Gasteiger partial charge is 0.243 e. The highest BCUT2D eigenvalue weighted by atomic mass is 32.2. The van der Waals surface area contributed by atoms with Crippen molar-refractivity contribution in [2.24, 2.45) is 5.41 Å². The molecule has 0 heterocycles. The maximum absolute atomic E-state index is 13.4. The van der Waals surface area contributed by atoms with E-state index >= 15 is 0 Å². The SMILES string of the molecule is COc1ccc(S(=O)(=O)N(CC(=O)NCC(C)(C)C)Cc2ccccc2)cc1OC. The van der Waals surface area contributed by atoms with Crippen LogP contribution >= 0.6 is 0 Å². The van der Waals surface area contributed by atoms with Crippen molar-refractivity contribution in [3.8, 4) is 11.5 Å². The number of hydrogen-bond acceptors (Lipinski definition) is 5. The van der Waals surface area contributed by atoms with Gasteiger partial charge in [0.05, 0.1) is 25.7 Å². The first-order valence-electron chi connectivity index (χ1n) is 9.59. The number of nitrogens with one attached hydrogen (secondary N) is 1. The van der Waals surface area contributed by atoms with Crippen LogP contribution < -0.4 is 14.8 Å². The number of benzene rings is 2. The number of carbonyl (C=O) groups is 1. The number of sulfonamides is 1. The number of nitrogens with zero attached hydrogens (tertiary/aromatic N) is 1. The Morgan fingerprint density at radius 3 is 2.20 bits per heavy atom. The van der Waals surface area contributed by atoms with Crippen molar-refractivity contribution in [2.75, 3.05) is 27.3 Å². The van der Waals surface area contributed by atoms with E-state index in [9.17, 15) is 13.2 Å². The van der Waals surface area contributed by atoms with E-state index in [1.807, 2.05) is 51.1 Å². The fourth-order valence-corrected chi connectivity index (χ4v) is 4.12. The summed E-state index contributed by atoms with van der Waals surface area (Å²) < 4.78 is 38.4. The van der Waals surface area contributed by atoms with Crippen molar-refractivity contribution in [1.29, 1.82) is 0 Å². The molecule has 0 saturated carbocycles. The minimum Gasteiger partial charge on any atom is -0.493 e. The van der Waals surface area contributed by atoms with Crippen LogP contribution in [0.25, 0.3) is 0 Å². The van der Waals surface area contributed by atoms with Crippen LogP contribution in [0.2, 0.25) is 0 Å². The van der Waals surface area contributed by atoms with Gasteiger partial charge in [0.25, 0.3) is 0 Å². The summed E-state index contributed by atoms with van der Waals surface area (Å²) in [4.78, 5) is 12.6. The van der Waals surface area contributed by atoms with Gasteiger partial charge >= 0.3 is 0 Å². The quantitative estimate of drug-likeness (QED) is 0.656. The molecule has 0 unspecified atom stereocenters. The van der Waals surface area contributed by atoms with Crippen LogP contribution in [0, 0.1) is 5.41 Å². The molecule has 0 atom stereocenters. The zero-order valence-electron chi connectivity index (χ0n) is 18.1. The van der Waals surface area contributed by atoms with E-state index in [0.29, 0.717) is 18.0 Å². The lowest BCUT2D eigenvalue weighted by Crippen LogP contribution is -2.42. The van der Waals surface area contributed by atoms with E-state index in [4.69, 9.17) is 9.47 Å². The van der Waals surface area contributed by atoms with Crippen LogP contribution in [-0.2, 0) is 21.4 Å². The molecular formula is C22H30N2O5S. The van der Waals surface area contributed by atoms with Crippen LogP contribution in [0.5, 0.6) is 11.5 Å². The third kappa shape index (κ3) is 6.47. The summed E-state index contributed by atoms with van der Waals surface area (Å²) in [6.07, 6.45) is 0. The summed E-state index contributed by atoms with van der Waals surface area (Å²) in [5.41, 5.74) is 0.674. The average Bonchev–Trinajstić information content (AvgIpc) is 2.71. The van der Waals surface area contributed by atoms with Crippen molar-refractivity contribution >= 4 is 15.9 Å². The summed E-state index contributed by atoms with van der Waals surface area (Å²) in [7, 11) is -1.05.